The van der Waals surface area contributed by atoms with Gasteiger partial charge in [0, 0.05) is 25.5 Å². The fourth-order valence-corrected chi connectivity index (χ4v) is 2.51. The van der Waals surface area contributed by atoms with Crippen LogP contribution in [0.4, 0.5) is 0 Å². The maximum Gasteiger partial charge on any atom is 0.251 e. The number of carbonyl (C=O) groups excluding carboxylic acids is 1. The van der Waals surface area contributed by atoms with Crippen LogP contribution in [0.25, 0.3) is 0 Å². The fourth-order valence-electron chi connectivity index (χ4n) is 0.948. The summed E-state index contributed by atoms with van der Waals surface area (Å²) in [6.07, 6.45) is 0. The van der Waals surface area contributed by atoms with E-state index in [9.17, 15) is 4.79 Å². The molecule has 5 heteroatoms. The molecule has 0 aliphatic carbocycles. The number of benzene rings is 1. The Morgan fingerprint density at radius 1 is 1.29 bits per heavy atom. The third kappa shape index (κ3) is 3.86. The standard InChI is InChI=1S/C9H8Br2INO/c10-7-3-6(4-8(11)5-7)9(14)13-2-1-12/h3-5H,1-2H2,(H,13,14). The first-order valence-electron chi connectivity index (χ1n) is 3.93. The van der Waals surface area contributed by atoms with Gasteiger partial charge >= 0.3 is 0 Å². The average molecular weight is 433 g/mol. The molecule has 2 nitrogen and oxygen atoms in total. The van der Waals surface area contributed by atoms with Gasteiger partial charge in [-0.2, -0.15) is 0 Å². The Morgan fingerprint density at radius 3 is 2.36 bits per heavy atom. The van der Waals surface area contributed by atoms with Gasteiger partial charge in [-0.1, -0.05) is 54.5 Å². The number of hydrogen-bond donors (Lipinski definition) is 1. The summed E-state index contributed by atoms with van der Waals surface area (Å²) in [4.78, 5) is 11.6. The van der Waals surface area contributed by atoms with Gasteiger partial charge in [-0.05, 0) is 18.2 Å². The van der Waals surface area contributed by atoms with Crippen molar-refractivity contribution < 1.29 is 4.79 Å². The topological polar surface area (TPSA) is 29.1 Å². The van der Waals surface area contributed by atoms with Gasteiger partial charge < -0.3 is 5.32 Å². The highest BCUT2D eigenvalue weighted by molar-refractivity contribution is 14.1. The maximum absolute atomic E-state index is 11.6. The van der Waals surface area contributed by atoms with Crippen LogP contribution in [0.1, 0.15) is 10.4 Å². The molecule has 0 bridgehead atoms. The van der Waals surface area contributed by atoms with Crippen LogP contribution in [-0.2, 0) is 0 Å². The lowest BCUT2D eigenvalue weighted by atomic mass is 10.2. The molecule has 1 aromatic carbocycles. The van der Waals surface area contributed by atoms with E-state index in [4.69, 9.17) is 0 Å². The summed E-state index contributed by atoms with van der Waals surface area (Å²) in [5, 5.41) is 2.81. The summed E-state index contributed by atoms with van der Waals surface area (Å²) in [6.45, 7) is 0.698. The molecule has 0 aliphatic rings. The Morgan fingerprint density at radius 2 is 1.86 bits per heavy atom. The molecule has 0 spiro atoms. The summed E-state index contributed by atoms with van der Waals surface area (Å²) in [5.41, 5.74) is 0.663. The molecular weight excluding hydrogens is 425 g/mol. The monoisotopic (exact) mass is 431 g/mol. The zero-order valence-electron chi connectivity index (χ0n) is 7.19. The number of alkyl halides is 1. The molecule has 0 heterocycles. The van der Waals surface area contributed by atoms with Gasteiger partial charge in [0.05, 0.1) is 0 Å². The van der Waals surface area contributed by atoms with E-state index in [1.165, 1.54) is 0 Å². The average Bonchev–Trinajstić information content (AvgIpc) is 2.12. The van der Waals surface area contributed by atoms with Gasteiger partial charge in [0.1, 0.15) is 0 Å². The van der Waals surface area contributed by atoms with E-state index < -0.39 is 0 Å². The highest BCUT2D eigenvalue weighted by Gasteiger charge is 2.05. The molecule has 1 rings (SSSR count). The molecule has 1 aromatic rings. The van der Waals surface area contributed by atoms with E-state index in [0.29, 0.717) is 12.1 Å². The number of amides is 1. The molecule has 0 radical (unpaired) electrons. The Bertz CT molecular complexity index is 323. The minimum Gasteiger partial charge on any atom is -0.351 e. The molecule has 0 atom stereocenters. The quantitative estimate of drug-likeness (QED) is 0.576. The molecular formula is C9H8Br2INO. The molecule has 0 unspecified atom stereocenters. The Labute approximate surface area is 113 Å². The van der Waals surface area contributed by atoms with Crippen molar-refractivity contribution in [3.05, 3.63) is 32.7 Å². The van der Waals surface area contributed by atoms with Crippen LogP contribution < -0.4 is 5.32 Å². The third-order valence-electron chi connectivity index (χ3n) is 1.50. The minimum absolute atomic E-state index is 0.0383. The molecule has 0 saturated carbocycles. The van der Waals surface area contributed by atoms with E-state index in [-0.39, 0.29) is 5.91 Å². The van der Waals surface area contributed by atoms with Crippen molar-refractivity contribution in [3.8, 4) is 0 Å². The molecule has 76 valence electrons. The predicted molar refractivity (Wildman–Crippen MR) is 73.1 cm³/mol. The number of halogens is 3. The van der Waals surface area contributed by atoms with E-state index in [2.05, 4.69) is 59.8 Å². The zero-order valence-corrected chi connectivity index (χ0v) is 12.5. The lowest BCUT2D eigenvalue weighted by molar-refractivity contribution is 0.0956. The summed E-state index contributed by atoms with van der Waals surface area (Å²) in [5.74, 6) is -0.0383. The molecule has 0 aliphatic heterocycles. The van der Waals surface area contributed by atoms with Gasteiger partial charge in [-0.3, -0.25) is 4.79 Å². The molecule has 0 fully saturated rings. The van der Waals surface area contributed by atoms with Gasteiger partial charge in [0.15, 0.2) is 0 Å². The van der Waals surface area contributed by atoms with Crippen molar-refractivity contribution in [3.63, 3.8) is 0 Å². The second kappa shape index (κ2) is 6.07. The van der Waals surface area contributed by atoms with Gasteiger partial charge in [0.2, 0.25) is 0 Å². The second-order valence-electron chi connectivity index (χ2n) is 2.60. The van der Waals surface area contributed by atoms with Crippen molar-refractivity contribution in [1.29, 1.82) is 0 Å². The molecule has 14 heavy (non-hydrogen) atoms. The van der Waals surface area contributed by atoms with Gasteiger partial charge in [-0.15, -0.1) is 0 Å². The van der Waals surface area contributed by atoms with Crippen LogP contribution in [0, 0.1) is 0 Å². The predicted octanol–water partition coefficient (Wildman–Crippen LogP) is 3.38. The van der Waals surface area contributed by atoms with E-state index in [0.717, 1.165) is 13.4 Å². The van der Waals surface area contributed by atoms with E-state index >= 15 is 0 Å². The fraction of sp³-hybridized carbons (Fsp3) is 0.222. The van der Waals surface area contributed by atoms with Crippen LogP contribution in [-0.4, -0.2) is 16.9 Å². The largest absolute Gasteiger partial charge is 0.351 e. The van der Waals surface area contributed by atoms with E-state index in [1.807, 2.05) is 6.07 Å². The van der Waals surface area contributed by atoms with Crippen LogP contribution >= 0.6 is 54.5 Å². The van der Waals surface area contributed by atoms with Crippen molar-refractivity contribution in [2.45, 2.75) is 0 Å². The Kier molecular flexibility index (Phi) is 5.40. The first-order valence-corrected chi connectivity index (χ1v) is 7.05. The van der Waals surface area contributed by atoms with Crippen molar-refractivity contribution >= 4 is 60.4 Å². The van der Waals surface area contributed by atoms with Crippen molar-refractivity contribution in [1.82, 2.24) is 5.32 Å². The number of nitrogens with one attached hydrogen (secondary N) is 1. The van der Waals surface area contributed by atoms with Crippen LogP contribution in [0.5, 0.6) is 0 Å². The van der Waals surface area contributed by atoms with E-state index in [1.54, 1.807) is 12.1 Å². The van der Waals surface area contributed by atoms with Crippen molar-refractivity contribution in [2.24, 2.45) is 0 Å². The highest BCUT2D eigenvalue weighted by atomic mass is 127. The molecule has 1 N–H and O–H groups in total. The van der Waals surface area contributed by atoms with Crippen LogP contribution in [0.2, 0.25) is 0 Å². The first kappa shape index (κ1) is 12.4. The highest BCUT2D eigenvalue weighted by Crippen LogP contribution is 2.19. The summed E-state index contributed by atoms with van der Waals surface area (Å²) >= 11 is 8.90. The van der Waals surface area contributed by atoms with Gasteiger partial charge in [0.25, 0.3) is 5.91 Å². The molecule has 0 aromatic heterocycles. The summed E-state index contributed by atoms with van der Waals surface area (Å²) in [7, 11) is 0. The Balaban J connectivity index is 2.79. The Hall–Kier alpha value is 0.380. The third-order valence-corrected chi connectivity index (χ3v) is 2.96. The lowest BCUT2D eigenvalue weighted by Gasteiger charge is -2.04. The lowest BCUT2D eigenvalue weighted by Crippen LogP contribution is -2.25. The van der Waals surface area contributed by atoms with Crippen LogP contribution in [0.15, 0.2) is 27.1 Å². The van der Waals surface area contributed by atoms with Crippen LogP contribution in [0.3, 0.4) is 0 Å². The normalized spacial score (nSPS) is 9.93. The first-order chi connectivity index (χ1) is 6.63. The summed E-state index contributed by atoms with van der Waals surface area (Å²) in [6, 6.07) is 5.50. The zero-order chi connectivity index (χ0) is 10.6. The van der Waals surface area contributed by atoms with Crippen molar-refractivity contribution in [2.75, 3.05) is 11.0 Å². The number of hydrogen-bond acceptors (Lipinski definition) is 1. The minimum atomic E-state index is -0.0383. The maximum atomic E-state index is 11.6. The molecule has 0 saturated heterocycles. The second-order valence-corrected chi connectivity index (χ2v) is 5.51. The SMILES string of the molecule is O=C(NCCI)c1cc(Br)cc(Br)c1. The van der Waals surface area contributed by atoms with Gasteiger partial charge in [-0.25, -0.2) is 0 Å². The smallest absolute Gasteiger partial charge is 0.251 e. The number of rotatable bonds is 3. The molecule has 1 amide bonds. The number of carbonyl (C=O) groups is 1. The summed E-state index contributed by atoms with van der Waals surface area (Å²) < 4.78 is 2.71.